The molecule has 4 rings (SSSR count). The van der Waals surface area contributed by atoms with E-state index in [0.717, 1.165) is 29.9 Å². The van der Waals surface area contributed by atoms with Crippen molar-refractivity contribution in [1.29, 1.82) is 0 Å². The van der Waals surface area contributed by atoms with E-state index in [1.807, 2.05) is 6.07 Å². The molecule has 0 aliphatic heterocycles. The zero-order valence-electron chi connectivity index (χ0n) is 12.5. The molecule has 0 fully saturated rings. The summed E-state index contributed by atoms with van der Waals surface area (Å²) < 4.78 is 0. The highest BCUT2D eigenvalue weighted by Crippen LogP contribution is 2.19. The Morgan fingerprint density at radius 3 is 2.95 bits per heavy atom. The lowest BCUT2D eigenvalue weighted by Gasteiger charge is -2.02. The lowest BCUT2D eigenvalue weighted by Crippen LogP contribution is -2.05. The van der Waals surface area contributed by atoms with E-state index in [2.05, 4.69) is 69.8 Å². The van der Waals surface area contributed by atoms with Crippen molar-refractivity contribution in [2.24, 2.45) is 0 Å². The van der Waals surface area contributed by atoms with E-state index >= 15 is 0 Å². The third-order valence-electron chi connectivity index (χ3n) is 4.00. The summed E-state index contributed by atoms with van der Waals surface area (Å²) in [5, 5.41) is 4.67. The van der Waals surface area contributed by atoms with Gasteiger partial charge in [-0.15, -0.1) is 0 Å². The maximum atomic E-state index is 4.56. The van der Waals surface area contributed by atoms with Crippen LogP contribution in [0.15, 0.2) is 48.7 Å². The molecule has 0 amide bonds. The summed E-state index contributed by atoms with van der Waals surface area (Å²) in [6, 6.07) is 14.6. The number of nitrogens with one attached hydrogen (secondary N) is 3. The number of aryl methyl sites for hydroxylation is 1. The Balaban J connectivity index is 1.47. The van der Waals surface area contributed by atoms with E-state index in [9.17, 15) is 0 Å². The summed E-state index contributed by atoms with van der Waals surface area (Å²) in [7, 11) is 0. The number of rotatable bonds is 4. The summed E-state index contributed by atoms with van der Waals surface area (Å²) in [6.07, 6.45) is 3.05. The van der Waals surface area contributed by atoms with Crippen molar-refractivity contribution in [1.82, 2.24) is 15.0 Å². The fourth-order valence-electron chi connectivity index (χ4n) is 2.86. The van der Waals surface area contributed by atoms with Crippen LogP contribution in [-0.2, 0) is 6.42 Å². The maximum absolute atomic E-state index is 4.56. The molecular weight excluding hydrogens is 272 g/mol. The Bertz CT molecular complexity index is 932. The van der Waals surface area contributed by atoms with Crippen LogP contribution in [0.2, 0.25) is 0 Å². The summed E-state index contributed by atoms with van der Waals surface area (Å²) in [5.74, 6) is 0.834. The minimum Gasteiger partial charge on any atom is -0.361 e. The molecule has 0 radical (unpaired) electrons. The third-order valence-corrected chi connectivity index (χ3v) is 4.00. The quantitative estimate of drug-likeness (QED) is 0.532. The van der Waals surface area contributed by atoms with Gasteiger partial charge < -0.3 is 15.3 Å². The second kappa shape index (κ2) is 5.22. The van der Waals surface area contributed by atoms with Crippen LogP contribution < -0.4 is 5.32 Å². The number of imidazole rings is 1. The molecule has 0 spiro atoms. The van der Waals surface area contributed by atoms with E-state index in [1.54, 1.807) is 0 Å². The van der Waals surface area contributed by atoms with Crippen LogP contribution in [0.3, 0.4) is 0 Å². The summed E-state index contributed by atoms with van der Waals surface area (Å²) in [4.78, 5) is 11.2. The molecular formula is C18H18N4. The lowest BCUT2D eigenvalue weighted by molar-refractivity contribution is 1.01. The number of hydrogen-bond acceptors (Lipinski definition) is 2. The SMILES string of the molecule is Cc1ccc2nc(NCCc3c[nH]c4ccccc34)[nH]c2c1. The van der Waals surface area contributed by atoms with Gasteiger partial charge in [-0.2, -0.15) is 0 Å². The molecule has 0 unspecified atom stereocenters. The predicted molar refractivity (Wildman–Crippen MR) is 91.3 cm³/mol. The predicted octanol–water partition coefficient (Wildman–Crippen LogP) is 4.01. The number of nitrogens with zero attached hydrogens (tertiary/aromatic N) is 1. The first-order valence-electron chi connectivity index (χ1n) is 7.55. The number of fused-ring (bicyclic) bond motifs is 2. The molecule has 0 aliphatic rings. The Kier molecular flexibility index (Phi) is 3.07. The number of benzene rings is 2. The van der Waals surface area contributed by atoms with Gasteiger partial charge in [-0.3, -0.25) is 0 Å². The van der Waals surface area contributed by atoms with Crippen molar-refractivity contribution in [3.8, 4) is 0 Å². The minimum absolute atomic E-state index is 0.834. The Morgan fingerprint density at radius 1 is 1.09 bits per heavy atom. The van der Waals surface area contributed by atoms with Gasteiger partial charge in [0.05, 0.1) is 11.0 Å². The molecule has 2 aromatic heterocycles. The third kappa shape index (κ3) is 2.33. The standard InChI is InChI=1S/C18H18N4/c1-12-6-7-16-17(10-12)22-18(21-16)19-9-8-13-11-20-15-5-3-2-4-14(13)15/h2-7,10-11,20H,8-9H2,1H3,(H2,19,21,22). The van der Waals surface area contributed by atoms with Gasteiger partial charge in [-0.1, -0.05) is 24.3 Å². The maximum Gasteiger partial charge on any atom is 0.201 e. The van der Waals surface area contributed by atoms with Crippen molar-refractivity contribution >= 4 is 27.9 Å². The molecule has 0 aliphatic carbocycles. The van der Waals surface area contributed by atoms with Gasteiger partial charge in [-0.05, 0) is 42.7 Å². The summed E-state index contributed by atoms with van der Waals surface area (Å²) in [5.41, 5.74) is 5.84. The molecule has 3 N–H and O–H groups in total. The zero-order chi connectivity index (χ0) is 14.9. The highest BCUT2D eigenvalue weighted by Gasteiger charge is 2.04. The molecule has 0 atom stereocenters. The van der Waals surface area contributed by atoms with Gasteiger partial charge in [0.15, 0.2) is 0 Å². The van der Waals surface area contributed by atoms with Crippen LogP contribution in [0.4, 0.5) is 5.95 Å². The van der Waals surface area contributed by atoms with E-state index in [1.165, 1.54) is 22.0 Å². The highest BCUT2D eigenvalue weighted by molar-refractivity contribution is 5.83. The number of aromatic nitrogens is 3. The number of aromatic amines is 2. The van der Waals surface area contributed by atoms with Gasteiger partial charge in [0.25, 0.3) is 0 Å². The first-order valence-corrected chi connectivity index (χ1v) is 7.55. The van der Waals surface area contributed by atoms with Crippen molar-refractivity contribution in [3.05, 3.63) is 59.8 Å². The average Bonchev–Trinajstić information content (AvgIpc) is 3.11. The van der Waals surface area contributed by atoms with E-state index in [4.69, 9.17) is 0 Å². The van der Waals surface area contributed by atoms with Crippen LogP contribution in [0, 0.1) is 6.92 Å². The Labute approximate surface area is 128 Å². The van der Waals surface area contributed by atoms with Crippen LogP contribution in [-0.4, -0.2) is 21.5 Å². The van der Waals surface area contributed by atoms with Gasteiger partial charge in [0, 0.05) is 23.6 Å². The molecule has 110 valence electrons. The van der Waals surface area contributed by atoms with Gasteiger partial charge in [0.1, 0.15) is 0 Å². The first-order chi connectivity index (χ1) is 10.8. The van der Waals surface area contributed by atoms with Crippen LogP contribution in [0.5, 0.6) is 0 Å². The second-order valence-electron chi connectivity index (χ2n) is 5.64. The first kappa shape index (κ1) is 13.0. The average molecular weight is 290 g/mol. The van der Waals surface area contributed by atoms with Gasteiger partial charge in [-0.25, -0.2) is 4.98 Å². The minimum atomic E-state index is 0.834. The second-order valence-corrected chi connectivity index (χ2v) is 5.64. The van der Waals surface area contributed by atoms with Gasteiger partial charge in [0.2, 0.25) is 5.95 Å². The van der Waals surface area contributed by atoms with Crippen LogP contribution in [0.1, 0.15) is 11.1 Å². The molecule has 0 bridgehead atoms. The lowest BCUT2D eigenvalue weighted by atomic mass is 10.1. The molecule has 4 aromatic rings. The number of para-hydroxylation sites is 1. The van der Waals surface area contributed by atoms with Crippen molar-refractivity contribution in [2.75, 3.05) is 11.9 Å². The van der Waals surface area contributed by atoms with Crippen molar-refractivity contribution in [3.63, 3.8) is 0 Å². The Morgan fingerprint density at radius 2 is 2.00 bits per heavy atom. The number of hydrogen-bond donors (Lipinski definition) is 3. The molecule has 4 nitrogen and oxygen atoms in total. The normalized spacial score (nSPS) is 11.3. The molecule has 2 aromatic carbocycles. The fraction of sp³-hybridized carbons (Fsp3) is 0.167. The van der Waals surface area contributed by atoms with Crippen LogP contribution >= 0.6 is 0 Å². The van der Waals surface area contributed by atoms with E-state index in [0.29, 0.717) is 0 Å². The molecule has 0 saturated heterocycles. The van der Waals surface area contributed by atoms with Gasteiger partial charge >= 0.3 is 0 Å². The van der Waals surface area contributed by atoms with Crippen LogP contribution in [0.25, 0.3) is 21.9 Å². The monoisotopic (exact) mass is 290 g/mol. The van der Waals surface area contributed by atoms with E-state index < -0.39 is 0 Å². The molecule has 22 heavy (non-hydrogen) atoms. The summed E-state index contributed by atoms with van der Waals surface area (Å²) >= 11 is 0. The number of anilines is 1. The molecule has 4 heteroatoms. The zero-order valence-corrected chi connectivity index (χ0v) is 12.5. The molecule has 0 saturated carbocycles. The highest BCUT2D eigenvalue weighted by atomic mass is 15.1. The van der Waals surface area contributed by atoms with Crippen molar-refractivity contribution < 1.29 is 0 Å². The smallest absolute Gasteiger partial charge is 0.201 e. The largest absolute Gasteiger partial charge is 0.361 e. The fourth-order valence-corrected chi connectivity index (χ4v) is 2.86. The topological polar surface area (TPSA) is 56.5 Å². The molecule has 2 heterocycles. The van der Waals surface area contributed by atoms with Crippen molar-refractivity contribution in [2.45, 2.75) is 13.3 Å². The Hall–Kier alpha value is -2.75. The number of H-pyrrole nitrogens is 2. The van der Waals surface area contributed by atoms with E-state index in [-0.39, 0.29) is 0 Å². The summed E-state index contributed by atoms with van der Waals surface area (Å²) in [6.45, 7) is 2.94.